The van der Waals surface area contributed by atoms with Crippen LogP contribution in [0, 0.1) is 10.1 Å². The molecule has 0 radical (unpaired) electrons. The van der Waals surface area contributed by atoms with Gasteiger partial charge in [0.05, 0.1) is 4.92 Å². The molecule has 2 amide bonds. The molecule has 2 aromatic carbocycles. The molecule has 4 rings (SSSR count). The smallest absolute Gasteiger partial charge is 0.269 e. The molecule has 1 N–H and O–H groups in total. The second-order valence-electron chi connectivity index (χ2n) is 7.04. The molecule has 144 valence electrons. The molecule has 0 saturated heterocycles. The lowest BCUT2D eigenvalue weighted by Gasteiger charge is -2.21. The van der Waals surface area contributed by atoms with Gasteiger partial charge in [0.25, 0.3) is 17.5 Å². The van der Waals surface area contributed by atoms with Crippen LogP contribution in [0.15, 0.2) is 42.5 Å². The Labute approximate surface area is 161 Å². The van der Waals surface area contributed by atoms with Gasteiger partial charge >= 0.3 is 0 Å². The number of nitrogens with one attached hydrogen (secondary N) is 1. The van der Waals surface area contributed by atoms with Crippen molar-refractivity contribution in [3.63, 3.8) is 0 Å². The molecule has 1 atom stereocenters. The Hall–Kier alpha value is -3.42. The second-order valence-corrected chi connectivity index (χ2v) is 7.04. The van der Waals surface area contributed by atoms with Crippen LogP contribution in [-0.4, -0.2) is 33.8 Å². The highest BCUT2D eigenvalue weighted by molar-refractivity contribution is 6.04. The minimum Gasteiger partial charge on any atom is -0.481 e. The van der Waals surface area contributed by atoms with Crippen LogP contribution >= 0.6 is 0 Å². The van der Waals surface area contributed by atoms with E-state index >= 15 is 0 Å². The molecule has 0 bridgehead atoms. The molecular formula is C20H19N3O5. The van der Waals surface area contributed by atoms with Crippen LogP contribution in [0.1, 0.15) is 35.7 Å². The number of amides is 2. The summed E-state index contributed by atoms with van der Waals surface area (Å²) in [5.74, 6) is 0.250. The summed E-state index contributed by atoms with van der Waals surface area (Å²) < 4.78 is 5.79. The highest BCUT2D eigenvalue weighted by Gasteiger charge is 2.37. The molecule has 8 heteroatoms. The van der Waals surface area contributed by atoms with Gasteiger partial charge < -0.3 is 15.0 Å². The van der Waals surface area contributed by atoms with Crippen LogP contribution in [0.2, 0.25) is 0 Å². The van der Waals surface area contributed by atoms with Crippen LogP contribution in [-0.2, 0) is 11.3 Å². The first-order valence-corrected chi connectivity index (χ1v) is 9.08. The molecule has 2 aliphatic rings. The van der Waals surface area contributed by atoms with E-state index in [2.05, 4.69) is 5.32 Å². The monoisotopic (exact) mass is 381 g/mol. The number of carbonyl (C=O) groups is 2. The van der Waals surface area contributed by atoms with E-state index in [0.717, 1.165) is 18.4 Å². The van der Waals surface area contributed by atoms with Gasteiger partial charge in [0, 0.05) is 41.5 Å². The van der Waals surface area contributed by atoms with Gasteiger partial charge in [-0.05, 0) is 50.1 Å². The number of carbonyl (C=O) groups excluding carboxylic acids is 2. The summed E-state index contributed by atoms with van der Waals surface area (Å²) in [7, 11) is 0. The summed E-state index contributed by atoms with van der Waals surface area (Å²) in [6, 6.07) is 10.9. The first-order valence-electron chi connectivity index (χ1n) is 9.08. The highest BCUT2D eigenvalue weighted by Crippen LogP contribution is 2.35. The lowest BCUT2D eigenvalue weighted by atomic mass is 10.1. The van der Waals surface area contributed by atoms with Crippen LogP contribution in [0.25, 0.3) is 0 Å². The summed E-state index contributed by atoms with van der Waals surface area (Å²) in [5, 5.41) is 13.5. The zero-order valence-corrected chi connectivity index (χ0v) is 15.3. The van der Waals surface area contributed by atoms with Gasteiger partial charge in [-0.3, -0.25) is 19.7 Å². The van der Waals surface area contributed by atoms with Gasteiger partial charge in [-0.2, -0.15) is 0 Å². The van der Waals surface area contributed by atoms with E-state index in [1.165, 1.54) is 24.3 Å². The maximum absolute atomic E-state index is 12.5. The predicted octanol–water partition coefficient (Wildman–Crippen LogP) is 3.12. The fourth-order valence-electron chi connectivity index (χ4n) is 3.26. The largest absolute Gasteiger partial charge is 0.481 e. The average Bonchev–Trinajstić information content (AvgIpc) is 3.52. The number of benzene rings is 2. The Balaban J connectivity index is 1.53. The number of fused-ring (bicyclic) bond motifs is 1. The summed E-state index contributed by atoms with van der Waals surface area (Å²) >= 11 is 0. The summed E-state index contributed by atoms with van der Waals surface area (Å²) in [4.78, 5) is 37.0. The predicted molar refractivity (Wildman–Crippen MR) is 101 cm³/mol. The van der Waals surface area contributed by atoms with Crippen molar-refractivity contribution in [2.75, 3.05) is 5.32 Å². The fourth-order valence-corrected chi connectivity index (χ4v) is 3.26. The molecule has 0 aromatic heterocycles. The molecule has 2 aromatic rings. The zero-order chi connectivity index (χ0) is 19.8. The molecule has 1 unspecified atom stereocenters. The number of hydrogen-bond donors (Lipinski definition) is 1. The minimum absolute atomic E-state index is 0.0184. The van der Waals surface area contributed by atoms with Gasteiger partial charge in [0.1, 0.15) is 5.75 Å². The van der Waals surface area contributed by atoms with Crippen molar-refractivity contribution >= 4 is 23.2 Å². The van der Waals surface area contributed by atoms with Gasteiger partial charge in [0.2, 0.25) is 0 Å². The Morgan fingerprint density at radius 3 is 2.57 bits per heavy atom. The van der Waals surface area contributed by atoms with Crippen LogP contribution in [0.5, 0.6) is 5.75 Å². The van der Waals surface area contributed by atoms with Crippen LogP contribution in [0.3, 0.4) is 0 Å². The Bertz CT molecular complexity index is 953. The Morgan fingerprint density at radius 2 is 1.93 bits per heavy atom. The first-order chi connectivity index (χ1) is 13.4. The standard InChI is InChI=1S/C20H19N3O5/c1-12-20(25)22(16-7-8-16)11-14-10-15(4-9-18(14)28-12)21-19(24)13-2-5-17(6-3-13)23(26)27/h2-6,9-10,12,16H,7-8,11H2,1H3,(H,21,24). The van der Waals surface area contributed by atoms with E-state index in [9.17, 15) is 19.7 Å². The number of anilines is 1. The normalized spacial score (nSPS) is 18.7. The molecule has 0 spiro atoms. The molecule has 1 aliphatic heterocycles. The second kappa shape index (κ2) is 6.95. The van der Waals surface area contributed by atoms with E-state index in [4.69, 9.17) is 4.74 Å². The first kappa shape index (κ1) is 18.0. The van der Waals surface area contributed by atoms with Crippen molar-refractivity contribution in [2.24, 2.45) is 0 Å². The quantitative estimate of drug-likeness (QED) is 0.648. The van der Waals surface area contributed by atoms with Crippen molar-refractivity contribution in [1.82, 2.24) is 4.90 Å². The van der Waals surface area contributed by atoms with Gasteiger partial charge in [-0.1, -0.05) is 0 Å². The fraction of sp³-hybridized carbons (Fsp3) is 0.300. The third-order valence-electron chi connectivity index (χ3n) is 4.92. The van der Waals surface area contributed by atoms with Crippen LogP contribution in [0.4, 0.5) is 11.4 Å². The summed E-state index contributed by atoms with van der Waals surface area (Å²) in [5.41, 5.74) is 1.66. The number of hydrogen-bond acceptors (Lipinski definition) is 5. The zero-order valence-electron chi connectivity index (χ0n) is 15.3. The molecule has 28 heavy (non-hydrogen) atoms. The van der Waals surface area contributed by atoms with Crippen LogP contribution < -0.4 is 10.1 Å². The summed E-state index contributed by atoms with van der Waals surface area (Å²) in [6.45, 7) is 2.20. The maximum Gasteiger partial charge on any atom is 0.269 e. The number of nitro benzene ring substituents is 1. The highest BCUT2D eigenvalue weighted by atomic mass is 16.6. The lowest BCUT2D eigenvalue weighted by Crippen LogP contribution is -2.39. The molecule has 1 saturated carbocycles. The van der Waals surface area contributed by atoms with Crippen molar-refractivity contribution in [1.29, 1.82) is 0 Å². The van der Waals surface area contributed by atoms with E-state index in [1.807, 2.05) is 4.90 Å². The van der Waals surface area contributed by atoms with Gasteiger partial charge in [-0.25, -0.2) is 0 Å². The molecular weight excluding hydrogens is 362 g/mol. The van der Waals surface area contributed by atoms with Gasteiger partial charge in [0.15, 0.2) is 6.10 Å². The van der Waals surface area contributed by atoms with Crippen molar-refractivity contribution in [3.8, 4) is 5.75 Å². The number of nitro groups is 1. The van der Waals surface area contributed by atoms with Crippen molar-refractivity contribution < 1.29 is 19.2 Å². The molecule has 1 heterocycles. The van der Waals surface area contributed by atoms with Crippen molar-refractivity contribution in [2.45, 2.75) is 38.5 Å². The number of non-ortho nitro benzene ring substituents is 1. The Kier molecular flexibility index (Phi) is 4.46. The Morgan fingerprint density at radius 1 is 1.21 bits per heavy atom. The van der Waals surface area contributed by atoms with E-state index < -0.39 is 11.0 Å². The van der Waals surface area contributed by atoms with E-state index in [-0.39, 0.29) is 23.5 Å². The molecule has 1 fully saturated rings. The number of ether oxygens (including phenoxy) is 1. The number of rotatable bonds is 4. The lowest BCUT2D eigenvalue weighted by molar-refractivity contribution is -0.384. The third kappa shape index (κ3) is 3.53. The minimum atomic E-state index is -0.539. The number of nitrogens with zero attached hydrogens (tertiary/aromatic N) is 2. The molecule has 1 aliphatic carbocycles. The molecule has 8 nitrogen and oxygen atoms in total. The maximum atomic E-state index is 12.5. The summed E-state index contributed by atoms with van der Waals surface area (Å²) in [6.07, 6.45) is 1.47. The SMILES string of the molecule is CC1Oc2ccc(NC(=O)c3ccc([N+](=O)[O-])cc3)cc2CN(C2CC2)C1=O. The average molecular weight is 381 g/mol. The van der Waals surface area contributed by atoms with Gasteiger partial charge in [-0.15, -0.1) is 0 Å². The van der Waals surface area contributed by atoms with E-state index in [1.54, 1.807) is 25.1 Å². The third-order valence-corrected chi connectivity index (χ3v) is 4.92. The topological polar surface area (TPSA) is 102 Å². The van der Waals surface area contributed by atoms with E-state index in [0.29, 0.717) is 23.5 Å². The van der Waals surface area contributed by atoms with Crippen molar-refractivity contribution in [3.05, 3.63) is 63.7 Å².